The number of carbonyl (C=O) groups is 2. The molecule has 3 rings (SSSR count). The summed E-state index contributed by atoms with van der Waals surface area (Å²) in [6.07, 6.45) is 0.939. The minimum atomic E-state index is -1.10. The quantitative estimate of drug-likeness (QED) is 0.519. The summed E-state index contributed by atoms with van der Waals surface area (Å²) in [4.78, 5) is 23.5. The van der Waals surface area contributed by atoms with Crippen LogP contribution >= 0.6 is 0 Å². The van der Waals surface area contributed by atoms with Crippen LogP contribution in [0.3, 0.4) is 0 Å². The van der Waals surface area contributed by atoms with Gasteiger partial charge in [0.15, 0.2) is 11.5 Å². The number of carboxylic acids is 1. The molecule has 1 heterocycles. The van der Waals surface area contributed by atoms with Crippen molar-refractivity contribution in [1.82, 2.24) is 0 Å². The van der Waals surface area contributed by atoms with Crippen LogP contribution in [0, 0.1) is 5.92 Å². The standard InChI is InChI=1S/C22H23NO8/c1-14(5-8-20(25)26)21(15-3-2-4-17(11-15)28-10-9-24)31-22(27)23-16-6-7-18-19(12-16)30-13-29-18/h2-8,11-12,14,21,24H,9-10,13H2,1H3,(H,23,27)(H,25,26)/b8-5+/t14-,21+/m1/s1. The van der Waals surface area contributed by atoms with E-state index in [0.717, 1.165) is 6.08 Å². The molecular formula is C22H23NO8. The van der Waals surface area contributed by atoms with Crippen molar-refractivity contribution in [1.29, 1.82) is 0 Å². The summed E-state index contributed by atoms with van der Waals surface area (Å²) in [6.45, 7) is 1.83. The van der Waals surface area contributed by atoms with Crippen molar-refractivity contribution in [2.24, 2.45) is 5.92 Å². The number of aliphatic hydroxyl groups is 1. The third kappa shape index (κ3) is 6.13. The van der Waals surface area contributed by atoms with Gasteiger partial charge in [-0.25, -0.2) is 9.59 Å². The smallest absolute Gasteiger partial charge is 0.412 e. The van der Waals surface area contributed by atoms with Gasteiger partial charge in [0.1, 0.15) is 18.5 Å². The lowest BCUT2D eigenvalue weighted by Gasteiger charge is -2.23. The summed E-state index contributed by atoms with van der Waals surface area (Å²) in [7, 11) is 0. The third-order valence-corrected chi connectivity index (χ3v) is 4.42. The molecule has 0 fully saturated rings. The summed E-state index contributed by atoms with van der Waals surface area (Å²) in [6, 6.07) is 11.8. The molecule has 0 aromatic heterocycles. The molecule has 0 spiro atoms. The van der Waals surface area contributed by atoms with Gasteiger partial charge in [-0.1, -0.05) is 25.1 Å². The minimum Gasteiger partial charge on any atom is -0.491 e. The molecular weight excluding hydrogens is 406 g/mol. The Hall–Kier alpha value is -3.72. The van der Waals surface area contributed by atoms with E-state index >= 15 is 0 Å². The molecule has 2 aromatic rings. The number of carboxylic acid groups (broad SMARTS) is 1. The Balaban J connectivity index is 1.77. The van der Waals surface area contributed by atoms with E-state index in [1.54, 1.807) is 49.4 Å². The van der Waals surface area contributed by atoms with Crippen molar-refractivity contribution >= 4 is 17.7 Å². The fourth-order valence-electron chi connectivity index (χ4n) is 3.00. The number of benzene rings is 2. The third-order valence-electron chi connectivity index (χ3n) is 4.42. The number of hydrogen-bond donors (Lipinski definition) is 3. The number of nitrogens with one attached hydrogen (secondary N) is 1. The van der Waals surface area contributed by atoms with Crippen molar-refractivity contribution in [2.75, 3.05) is 25.3 Å². The average Bonchev–Trinajstić information content (AvgIpc) is 3.22. The number of amides is 1. The number of aliphatic carboxylic acids is 1. The highest BCUT2D eigenvalue weighted by atomic mass is 16.7. The lowest BCUT2D eigenvalue weighted by Crippen LogP contribution is -2.21. The van der Waals surface area contributed by atoms with Crippen LogP contribution in [-0.2, 0) is 9.53 Å². The topological polar surface area (TPSA) is 124 Å². The van der Waals surface area contributed by atoms with Crippen LogP contribution in [0.4, 0.5) is 10.5 Å². The fraction of sp³-hybridized carbons (Fsp3) is 0.273. The first-order chi connectivity index (χ1) is 15.0. The van der Waals surface area contributed by atoms with Crippen molar-refractivity contribution in [3.05, 3.63) is 60.2 Å². The summed E-state index contributed by atoms with van der Waals surface area (Å²) in [5.74, 6) is 0.0395. The van der Waals surface area contributed by atoms with Gasteiger partial charge in [0.2, 0.25) is 6.79 Å². The Bertz CT molecular complexity index is 958. The normalized spacial score (nSPS) is 14.1. The van der Waals surface area contributed by atoms with E-state index < -0.39 is 24.1 Å². The fourth-order valence-corrected chi connectivity index (χ4v) is 3.00. The van der Waals surface area contributed by atoms with E-state index in [9.17, 15) is 9.59 Å². The summed E-state index contributed by atoms with van der Waals surface area (Å²) < 4.78 is 21.6. The molecule has 1 aliphatic heterocycles. The number of anilines is 1. The second-order valence-corrected chi connectivity index (χ2v) is 6.72. The van der Waals surface area contributed by atoms with E-state index in [-0.39, 0.29) is 20.0 Å². The van der Waals surface area contributed by atoms with E-state index in [1.165, 1.54) is 6.08 Å². The monoisotopic (exact) mass is 429 g/mol. The highest BCUT2D eigenvalue weighted by molar-refractivity contribution is 5.85. The molecule has 0 saturated carbocycles. The van der Waals surface area contributed by atoms with Gasteiger partial charge in [-0.2, -0.15) is 0 Å². The molecule has 1 aliphatic rings. The molecule has 0 radical (unpaired) electrons. The maximum atomic E-state index is 12.6. The van der Waals surface area contributed by atoms with E-state index in [0.29, 0.717) is 28.5 Å². The van der Waals surface area contributed by atoms with Crippen LogP contribution < -0.4 is 19.5 Å². The van der Waals surface area contributed by atoms with Gasteiger partial charge in [-0.3, -0.25) is 5.32 Å². The van der Waals surface area contributed by atoms with Crippen molar-refractivity contribution in [3.63, 3.8) is 0 Å². The van der Waals surface area contributed by atoms with E-state index in [2.05, 4.69) is 5.32 Å². The first kappa shape index (κ1) is 22.0. The second kappa shape index (κ2) is 10.4. The number of carbonyl (C=O) groups excluding carboxylic acids is 1. The molecule has 0 saturated heterocycles. The second-order valence-electron chi connectivity index (χ2n) is 6.72. The zero-order chi connectivity index (χ0) is 22.2. The Labute approximate surface area is 178 Å². The zero-order valence-electron chi connectivity index (χ0n) is 16.8. The lowest BCUT2D eigenvalue weighted by atomic mass is 9.96. The number of fused-ring (bicyclic) bond motifs is 1. The van der Waals surface area contributed by atoms with Crippen LogP contribution in [0.1, 0.15) is 18.6 Å². The molecule has 9 nitrogen and oxygen atoms in total. The molecule has 164 valence electrons. The molecule has 0 bridgehead atoms. The highest BCUT2D eigenvalue weighted by Crippen LogP contribution is 2.35. The maximum Gasteiger partial charge on any atom is 0.412 e. The van der Waals surface area contributed by atoms with Crippen molar-refractivity contribution < 1.29 is 38.7 Å². The number of ether oxygens (including phenoxy) is 4. The van der Waals surface area contributed by atoms with Crippen molar-refractivity contribution in [3.8, 4) is 17.2 Å². The highest BCUT2D eigenvalue weighted by Gasteiger charge is 2.23. The molecule has 0 unspecified atom stereocenters. The minimum absolute atomic E-state index is 0.118. The van der Waals surface area contributed by atoms with Crippen molar-refractivity contribution in [2.45, 2.75) is 13.0 Å². The lowest BCUT2D eigenvalue weighted by molar-refractivity contribution is -0.131. The first-order valence-corrected chi connectivity index (χ1v) is 9.58. The first-order valence-electron chi connectivity index (χ1n) is 9.58. The number of rotatable bonds is 9. The maximum absolute atomic E-state index is 12.6. The molecule has 2 aromatic carbocycles. The Morgan fingerprint density at radius 2 is 2.00 bits per heavy atom. The van der Waals surface area contributed by atoms with E-state index in [4.69, 9.17) is 29.2 Å². The SMILES string of the molecule is C[C@H](/C=C/C(=O)O)[C@H](OC(=O)Nc1ccc2c(c1)OCO2)c1cccc(OCCO)c1. The van der Waals surface area contributed by atoms with Crippen LogP contribution in [0.2, 0.25) is 0 Å². The van der Waals surface area contributed by atoms with Crippen LogP contribution in [0.15, 0.2) is 54.6 Å². The van der Waals surface area contributed by atoms with Gasteiger partial charge in [0.05, 0.1) is 6.61 Å². The Kier molecular flexibility index (Phi) is 7.34. The summed E-state index contributed by atoms with van der Waals surface area (Å²) in [5, 5.41) is 20.5. The summed E-state index contributed by atoms with van der Waals surface area (Å²) >= 11 is 0. The van der Waals surface area contributed by atoms with Gasteiger partial charge in [0.25, 0.3) is 0 Å². The van der Waals surface area contributed by atoms with Crippen LogP contribution in [0.25, 0.3) is 0 Å². The van der Waals surface area contributed by atoms with Gasteiger partial charge in [-0.05, 0) is 29.8 Å². The number of hydrogen-bond acceptors (Lipinski definition) is 7. The Morgan fingerprint density at radius 3 is 2.77 bits per heavy atom. The zero-order valence-corrected chi connectivity index (χ0v) is 16.8. The predicted molar refractivity (Wildman–Crippen MR) is 110 cm³/mol. The average molecular weight is 429 g/mol. The largest absolute Gasteiger partial charge is 0.491 e. The molecule has 2 atom stereocenters. The molecule has 31 heavy (non-hydrogen) atoms. The molecule has 1 amide bonds. The summed E-state index contributed by atoms with van der Waals surface area (Å²) in [5.41, 5.74) is 1.07. The Morgan fingerprint density at radius 1 is 1.19 bits per heavy atom. The van der Waals surface area contributed by atoms with Crippen LogP contribution in [0.5, 0.6) is 17.2 Å². The van der Waals surface area contributed by atoms with E-state index in [1.807, 2.05) is 0 Å². The van der Waals surface area contributed by atoms with Gasteiger partial charge in [-0.15, -0.1) is 0 Å². The molecule has 0 aliphatic carbocycles. The number of aliphatic hydroxyl groups excluding tert-OH is 1. The van der Waals surface area contributed by atoms with Gasteiger partial charge >= 0.3 is 12.1 Å². The van der Waals surface area contributed by atoms with Gasteiger partial charge in [0, 0.05) is 23.7 Å². The predicted octanol–water partition coefficient (Wildman–Crippen LogP) is 3.35. The molecule has 3 N–H and O–H groups in total. The molecule has 9 heteroatoms. The van der Waals surface area contributed by atoms with Crippen LogP contribution in [-0.4, -0.2) is 42.3 Å². The van der Waals surface area contributed by atoms with Gasteiger partial charge < -0.3 is 29.2 Å².